The van der Waals surface area contributed by atoms with Crippen LogP contribution in [0.1, 0.15) is 66.4 Å². The van der Waals surface area contributed by atoms with E-state index in [0.717, 1.165) is 69.5 Å². The molecule has 380 valence electrons. The number of nitrogens with zero attached hydrogens (tertiary/aromatic N) is 6. The number of aromatic nitrogens is 2. The number of carbonyl (C=O) groups is 4. The van der Waals surface area contributed by atoms with Crippen LogP contribution in [0.3, 0.4) is 0 Å². The Bertz CT molecular complexity index is 2850. The van der Waals surface area contributed by atoms with Crippen molar-refractivity contribution in [3.05, 3.63) is 94.7 Å². The van der Waals surface area contributed by atoms with Gasteiger partial charge in [-0.25, -0.2) is 4.98 Å². The Morgan fingerprint density at radius 2 is 1.72 bits per heavy atom. The highest BCUT2D eigenvalue weighted by Crippen LogP contribution is 2.41. The number of nitrogens with one attached hydrogen (secondary N) is 4. The van der Waals surface area contributed by atoms with Gasteiger partial charge in [-0.2, -0.15) is 18.2 Å². The number of alkyl halides is 3. The number of unbranched alkanes of at least 4 members (excludes halogenated alkanes) is 2. The molecule has 8 rings (SSSR count). The number of methoxy groups -OCH3 is 1. The number of piperidine rings is 2. The molecule has 0 aliphatic carbocycles. The third-order valence-corrected chi connectivity index (χ3v) is 15.1. The predicted molar refractivity (Wildman–Crippen MR) is 272 cm³/mol. The molecule has 4 aromatic rings. The van der Waals surface area contributed by atoms with E-state index in [4.69, 9.17) is 16.3 Å². The standard InChI is InChI=1S/C51H57ClF3N10O6P/c1-71-43-30-42(39(57-46(67)18-21-51(53,54)55)29-40(43)59-50-56-31-37(52)47(61-50)58-38-14-7-8-15-44(38)72(2,3)70)64-23-19-34(20-24-64)63-27-25-62(26-28-63)22-9-5-4-6-11-33-12-10-13-35-36(33)32-65(49(35)69)41-16-17-45(66)60-48(41)68/h7-8,10,12-15,18,21,29-31,34,41H,4-5,9,16-17,19-20,22-28,32H2,1-3H3,(H,57,67)(H,60,66,68)(H2,56,58,59,61). The molecule has 4 N–H and O–H groups in total. The molecule has 1 aromatic heterocycles. The first-order valence-corrected chi connectivity index (χ1v) is 26.9. The van der Waals surface area contributed by atoms with Crippen molar-refractivity contribution >= 4 is 82.2 Å². The topological polar surface area (TPSA) is 181 Å². The van der Waals surface area contributed by atoms with Gasteiger partial charge in [0.05, 0.1) is 36.1 Å². The zero-order valence-corrected chi connectivity index (χ0v) is 41.9. The van der Waals surface area contributed by atoms with Gasteiger partial charge < -0.3 is 40.0 Å². The van der Waals surface area contributed by atoms with Crippen molar-refractivity contribution in [2.45, 2.75) is 69.8 Å². The molecule has 4 aliphatic heterocycles. The highest BCUT2D eigenvalue weighted by atomic mass is 35.5. The highest BCUT2D eigenvalue weighted by molar-refractivity contribution is 7.70. The molecule has 3 aromatic carbocycles. The fraction of sp³-hybridized carbons (Fsp3) is 0.412. The van der Waals surface area contributed by atoms with E-state index in [1.54, 1.807) is 60.7 Å². The summed E-state index contributed by atoms with van der Waals surface area (Å²) >= 11 is 6.50. The summed E-state index contributed by atoms with van der Waals surface area (Å²) in [5.41, 5.74) is 3.89. The summed E-state index contributed by atoms with van der Waals surface area (Å²) in [4.78, 5) is 67.8. The third-order valence-electron chi connectivity index (χ3n) is 13.3. The molecule has 0 spiro atoms. The second kappa shape index (κ2) is 22.5. The lowest BCUT2D eigenvalue weighted by Gasteiger charge is -2.43. The fourth-order valence-electron chi connectivity index (χ4n) is 9.59. The Labute approximate surface area is 421 Å². The number of allylic oxidation sites excluding steroid dienone is 1. The van der Waals surface area contributed by atoms with Gasteiger partial charge in [0.1, 0.15) is 24.0 Å². The van der Waals surface area contributed by atoms with Crippen molar-refractivity contribution < 1.29 is 41.7 Å². The molecule has 0 radical (unpaired) electrons. The van der Waals surface area contributed by atoms with Crippen LogP contribution in [0, 0.1) is 11.8 Å². The van der Waals surface area contributed by atoms with Crippen LogP contribution in [0.4, 0.5) is 47.7 Å². The number of rotatable bonds is 15. The van der Waals surface area contributed by atoms with E-state index in [-0.39, 0.29) is 46.8 Å². The van der Waals surface area contributed by atoms with Gasteiger partial charge in [0.25, 0.3) is 5.91 Å². The first-order chi connectivity index (χ1) is 34.4. The van der Waals surface area contributed by atoms with E-state index in [1.165, 1.54) is 13.3 Å². The SMILES string of the molecule is COc1cc(N2CCC(N3CCN(CCCCC#Cc4cccc5c4CN(C4CCC(=O)NC4=O)C5=O)CC3)CC2)c(NC(=O)C=CC(F)(F)F)cc1Nc1ncc(Cl)c(Nc2ccccc2P(C)(C)=O)n1. The first-order valence-electron chi connectivity index (χ1n) is 23.9. The number of para-hydroxylation sites is 1. The number of halogens is 4. The van der Waals surface area contributed by atoms with Gasteiger partial charge in [-0.15, -0.1) is 0 Å². The van der Waals surface area contributed by atoms with E-state index in [0.29, 0.717) is 78.3 Å². The normalized spacial score (nSPS) is 18.2. The lowest BCUT2D eigenvalue weighted by molar-refractivity contribution is -0.137. The van der Waals surface area contributed by atoms with Crippen LogP contribution >= 0.6 is 18.7 Å². The fourth-order valence-corrected chi connectivity index (χ4v) is 10.9. The summed E-state index contributed by atoms with van der Waals surface area (Å²) < 4.78 is 58.1. The molecular weight excluding hydrogens is 972 g/mol. The lowest BCUT2D eigenvalue weighted by Crippen LogP contribution is -2.53. The van der Waals surface area contributed by atoms with Crippen LogP contribution < -0.4 is 36.2 Å². The van der Waals surface area contributed by atoms with E-state index in [2.05, 4.69) is 57.8 Å². The minimum Gasteiger partial charge on any atom is -0.494 e. The number of fused-ring (bicyclic) bond motifs is 1. The minimum atomic E-state index is -4.68. The average molecular weight is 1030 g/mol. The Kier molecular flexibility index (Phi) is 16.2. The van der Waals surface area contributed by atoms with Crippen molar-refractivity contribution in [2.75, 3.05) is 87.1 Å². The van der Waals surface area contributed by atoms with Crippen molar-refractivity contribution in [1.29, 1.82) is 0 Å². The monoisotopic (exact) mass is 1030 g/mol. The zero-order valence-electron chi connectivity index (χ0n) is 40.3. The van der Waals surface area contributed by atoms with Gasteiger partial charge >= 0.3 is 6.18 Å². The van der Waals surface area contributed by atoms with E-state index in [9.17, 15) is 36.9 Å². The Morgan fingerprint density at radius 3 is 2.44 bits per heavy atom. The Balaban J connectivity index is 0.850. The summed E-state index contributed by atoms with van der Waals surface area (Å²) in [6, 6.07) is 15.6. The molecule has 21 heteroatoms. The molecule has 16 nitrogen and oxygen atoms in total. The number of amides is 4. The molecule has 1 unspecified atom stereocenters. The summed E-state index contributed by atoms with van der Waals surface area (Å²) in [6.45, 7) is 9.56. The number of ether oxygens (including phenoxy) is 1. The van der Waals surface area contributed by atoms with Crippen LogP contribution in [0.25, 0.3) is 0 Å². The summed E-state index contributed by atoms with van der Waals surface area (Å²) in [6.07, 6.45) is 1.87. The molecule has 3 fully saturated rings. The molecule has 5 heterocycles. The van der Waals surface area contributed by atoms with Crippen LogP contribution in [-0.4, -0.2) is 133 Å². The molecule has 1 atom stereocenters. The molecule has 3 saturated heterocycles. The van der Waals surface area contributed by atoms with Gasteiger partial charge in [-0.3, -0.25) is 29.4 Å². The van der Waals surface area contributed by atoms with E-state index < -0.39 is 31.2 Å². The number of hydrogen-bond donors (Lipinski definition) is 4. The molecule has 0 bridgehead atoms. The van der Waals surface area contributed by atoms with Crippen LogP contribution in [-0.2, 0) is 25.5 Å². The first kappa shape index (κ1) is 51.9. The lowest BCUT2D eigenvalue weighted by atomic mass is 10.0. The third kappa shape index (κ3) is 12.8. The predicted octanol–water partition coefficient (Wildman–Crippen LogP) is 7.50. The second-order valence-electron chi connectivity index (χ2n) is 18.5. The van der Waals surface area contributed by atoms with Gasteiger partial charge in [0, 0.05) is 99.3 Å². The molecule has 4 aliphatic rings. The summed E-state index contributed by atoms with van der Waals surface area (Å²) in [5.74, 6) is 5.32. The van der Waals surface area contributed by atoms with E-state index in [1.807, 2.05) is 12.1 Å². The maximum Gasteiger partial charge on any atom is 0.409 e. The largest absolute Gasteiger partial charge is 0.494 e. The highest BCUT2D eigenvalue weighted by Gasteiger charge is 2.40. The van der Waals surface area contributed by atoms with Gasteiger partial charge in [-0.1, -0.05) is 41.6 Å². The smallest absolute Gasteiger partial charge is 0.409 e. The van der Waals surface area contributed by atoms with Crippen LogP contribution in [0.2, 0.25) is 5.02 Å². The van der Waals surface area contributed by atoms with Crippen molar-refractivity contribution in [2.24, 2.45) is 0 Å². The van der Waals surface area contributed by atoms with E-state index >= 15 is 0 Å². The maximum absolute atomic E-state index is 13.2. The maximum atomic E-state index is 13.2. The molecule has 72 heavy (non-hydrogen) atoms. The number of benzene rings is 3. The molecule has 4 amide bonds. The second-order valence-corrected chi connectivity index (χ2v) is 22.1. The zero-order chi connectivity index (χ0) is 51.2. The summed E-state index contributed by atoms with van der Waals surface area (Å²) in [7, 11) is -1.19. The molecule has 0 saturated carbocycles. The quantitative estimate of drug-likeness (QED) is 0.0303. The number of carbonyl (C=O) groups excluding carboxylic acids is 4. The van der Waals surface area contributed by atoms with Gasteiger partial charge in [0.2, 0.25) is 23.7 Å². The number of piperazine rings is 1. The van der Waals surface area contributed by atoms with Gasteiger partial charge in [-0.05, 0) is 87.9 Å². The number of anilines is 6. The molecular formula is C51H57ClF3N10O6P. The average Bonchev–Trinajstić information content (AvgIpc) is 3.69. The Hall–Kier alpha value is -6.45. The van der Waals surface area contributed by atoms with Crippen molar-refractivity contribution in [3.8, 4) is 17.6 Å². The minimum absolute atomic E-state index is 0.0944. The number of hydrogen-bond acceptors (Lipinski definition) is 13. The van der Waals surface area contributed by atoms with Crippen molar-refractivity contribution in [1.82, 2.24) is 30.0 Å². The Morgan fingerprint density at radius 1 is 0.958 bits per heavy atom. The van der Waals surface area contributed by atoms with Crippen molar-refractivity contribution in [3.63, 3.8) is 0 Å². The summed E-state index contributed by atoms with van der Waals surface area (Å²) in [5, 5.41) is 12.1. The van der Waals surface area contributed by atoms with Gasteiger partial charge in [0.15, 0.2) is 5.82 Å². The van der Waals surface area contributed by atoms with Crippen LogP contribution in [0.5, 0.6) is 5.75 Å². The van der Waals surface area contributed by atoms with Crippen LogP contribution in [0.15, 0.2) is 72.9 Å². The number of imide groups is 1.